The highest BCUT2D eigenvalue weighted by molar-refractivity contribution is 6.30. The van der Waals surface area contributed by atoms with Gasteiger partial charge in [-0.05, 0) is 35.4 Å². The summed E-state index contributed by atoms with van der Waals surface area (Å²) >= 11 is 5.85. The van der Waals surface area contributed by atoms with Crippen LogP contribution >= 0.6 is 11.6 Å². The predicted octanol–water partition coefficient (Wildman–Crippen LogP) is 3.97. The smallest absolute Gasteiger partial charge is 0.104 e. The van der Waals surface area contributed by atoms with Gasteiger partial charge < -0.3 is 5.11 Å². The van der Waals surface area contributed by atoms with E-state index in [0.717, 1.165) is 22.0 Å². The van der Waals surface area contributed by atoms with Gasteiger partial charge in [0.05, 0.1) is 5.52 Å². The molecule has 0 bridgehead atoms. The fourth-order valence-corrected chi connectivity index (χ4v) is 2.22. The third kappa shape index (κ3) is 2.46. The maximum atomic E-state index is 10.4. The van der Waals surface area contributed by atoms with Crippen LogP contribution in [0.3, 0.4) is 0 Å². The molecule has 0 aliphatic carbocycles. The molecule has 0 saturated carbocycles. The number of nitrogens with zero attached hydrogens (tertiary/aromatic N) is 1. The van der Waals surface area contributed by atoms with E-state index in [9.17, 15) is 5.11 Å². The highest BCUT2D eigenvalue weighted by atomic mass is 35.5. The first-order valence-corrected chi connectivity index (χ1v) is 6.40. The molecular formula is C16H12ClNO. The van der Waals surface area contributed by atoms with Gasteiger partial charge in [-0.25, -0.2) is 0 Å². The zero-order valence-electron chi connectivity index (χ0n) is 10.1. The Morgan fingerprint density at radius 3 is 2.47 bits per heavy atom. The van der Waals surface area contributed by atoms with E-state index in [1.165, 1.54) is 0 Å². The largest absolute Gasteiger partial charge is 0.384 e. The van der Waals surface area contributed by atoms with Crippen LogP contribution < -0.4 is 0 Å². The number of halogens is 1. The Morgan fingerprint density at radius 1 is 0.947 bits per heavy atom. The Labute approximate surface area is 116 Å². The second-order valence-corrected chi connectivity index (χ2v) is 4.85. The Bertz CT molecular complexity index is 709. The van der Waals surface area contributed by atoms with Crippen LogP contribution in [0, 0.1) is 0 Å². The van der Waals surface area contributed by atoms with Gasteiger partial charge in [0.25, 0.3) is 0 Å². The molecule has 0 fully saturated rings. The van der Waals surface area contributed by atoms with Crippen molar-refractivity contribution >= 4 is 22.5 Å². The average Bonchev–Trinajstić information content (AvgIpc) is 2.47. The molecule has 3 heteroatoms. The van der Waals surface area contributed by atoms with E-state index in [4.69, 9.17) is 11.6 Å². The van der Waals surface area contributed by atoms with Crippen molar-refractivity contribution < 1.29 is 5.11 Å². The minimum Gasteiger partial charge on any atom is -0.384 e. The van der Waals surface area contributed by atoms with Gasteiger partial charge in [0.15, 0.2) is 0 Å². The standard InChI is InChI=1S/C16H12ClNO/c17-14-7-5-12(6-8-14)16(19)13-4-3-11-2-1-9-18-15(11)10-13/h1-10,16,19H. The minimum absolute atomic E-state index is 0.663. The molecule has 0 saturated heterocycles. The molecule has 1 atom stereocenters. The molecule has 1 heterocycles. The highest BCUT2D eigenvalue weighted by Crippen LogP contribution is 2.25. The first-order valence-electron chi connectivity index (χ1n) is 6.02. The number of benzene rings is 2. The van der Waals surface area contributed by atoms with Gasteiger partial charge in [-0.3, -0.25) is 4.98 Å². The number of hydrogen-bond donors (Lipinski definition) is 1. The van der Waals surface area contributed by atoms with E-state index < -0.39 is 6.10 Å². The van der Waals surface area contributed by atoms with Crippen LogP contribution in [0.1, 0.15) is 17.2 Å². The molecule has 0 spiro atoms. The van der Waals surface area contributed by atoms with Crippen LogP contribution in [0.5, 0.6) is 0 Å². The van der Waals surface area contributed by atoms with E-state index in [2.05, 4.69) is 4.98 Å². The van der Waals surface area contributed by atoms with E-state index in [1.807, 2.05) is 42.5 Å². The third-order valence-electron chi connectivity index (χ3n) is 3.13. The van der Waals surface area contributed by atoms with Crippen LogP contribution in [0.4, 0.5) is 0 Å². The lowest BCUT2D eigenvalue weighted by atomic mass is 10.0. The summed E-state index contributed by atoms with van der Waals surface area (Å²) in [5.74, 6) is 0. The lowest BCUT2D eigenvalue weighted by Crippen LogP contribution is -1.99. The summed E-state index contributed by atoms with van der Waals surface area (Å²) in [5, 5.41) is 12.1. The van der Waals surface area contributed by atoms with Crippen molar-refractivity contribution in [3.8, 4) is 0 Å². The number of aromatic nitrogens is 1. The van der Waals surface area contributed by atoms with Gasteiger partial charge in [0, 0.05) is 16.6 Å². The maximum absolute atomic E-state index is 10.4. The first-order chi connectivity index (χ1) is 9.24. The van der Waals surface area contributed by atoms with Gasteiger partial charge >= 0.3 is 0 Å². The van der Waals surface area contributed by atoms with E-state index in [0.29, 0.717) is 5.02 Å². The molecule has 2 aromatic carbocycles. The molecule has 19 heavy (non-hydrogen) atoms. The summed E-state index contributed by atoms with van der Waals surface area (Å²) in [6.07, 6.45) is 1.09. The Kier molecular flexibility index (Phi) is 3.20. The molecule has 0 aliphatic rings. The number of rotatable bonds is 2. The maximum Gasteiger partial charge on any atom is 0.104 e. The average molecular weight is 270 g/mol. The predicted molar refractivity (Wildman–Crippen MR) is 77.3 cm³/mol. The first kappa shape index (κ1) is 12.2. The van der Waals surface area contributed by atoms with Crippen LogP contribution in [-0.2, 0) is 0 Å². The van der Waals surface area contributed by atoms with Gasteiger partial charge in [-0.1, -0.05) is 41.9 Å². The van der Waals surface area contributed by atoms with Crippen molar-refractivity contribution in [2.24, 2.45) is 0 Å². The van der Waals surface area contributed by atoms with Gasteiger partial charge in [0.2, 0.25) is 0 Å². The summed E-state index contributed by atoms with van der Waals surface area (Å²) in [7, 11) is 0. The van der Waals surface area contributed by atoms with Crippen molar-refractivity contribution in [2.45, 2.75) is 6.10 Å². The zero-order valence-corrected chi connectivity index (χ0v) is 10.9. The van der Waals surface area contributed by atoms with Crippen molar-refractivity contribution in [1.82, 2.24) is 4.98 Å². The molecule has 3 rings (SSSR count). The second-order valence-electron chi connectivity index (χ2n) is 4.41. The second kappa shape index (κ2) is 5.00. The summed E-state index contributed by atoms with van der Waals surface area (Å²) in [6, 6.07) is 16.9. The molecule has 1 N–H and O–H groups in total. The zero-order chi connectivity index (χ0) is 13.2. The van der Waals surface area contributed by atoms with Crippen LogP contribution in [0.15, 0.2) is 60.8 Å². The Hall–Kier alpha value is -1.90. The van der Waals surface area contributed by atoms with E-state index in [-0.39, 0.29) is 0 Å². The van der Waals surface area contributed by atoms with Crippen LogP contribution in [0.25, 0.3) is 10.9 Å². The Balaban J connectivity index is 2.01. The third-order valence-corrected chi connectivity index (χ3v) is 3.38. The minimum atomic E-state index is -0.663. The lowest BCUT2D eigenvalue weighted by molar-refractivity contribution is 0.220. The van der Waals surface area contributed by atoms with E-state index >= 15 is 0 Å². The van der Waals surface area contributed by atoms with Crippen molar-refractivity contribution in [3.05, 3.63) is 76.9 Å². The molecule has 2 nitrogen and oxygen atoms in total. The molecule has 3 aromatic rings. The molecule has 0 amide bonds. The number of aliphatic hydroxyl groups excluding tert-OH is 1. The monoisotopic (exact) mass is 269 g/mol. The molecule has 0 radical (unpaired) electrons. The van der Waals surface area contributed by atoms with E-state index in [1.54, 1.807) is 18.3 Å². The molecule has 1 aromatic heterocycles. The number of fused-ring (bicyclic) bond motifs is 1. The van der Waals surface area contributed by atoms with Crippen molar-refractivity contribution in [1.29, 1.82) is 0 Å². The topological polar surface area (TPSA) is 33.1 Å². The van der Waals surface area contributed by atoms with Gasteiger partial charge in [-0.15, -0.1) is 0 Å². The number of hydrogen-bond acceptors (Lipinski definition) is 2. The summed E-state index contributed by atoms with van der Waals surface area (Å²) in [4.78, 5) is 4.30. The van der Waals surface area contributed by atoms with Crippen molar-refractivity contribution in [2.75, 3.05) is 0 Å². The fraction of sp³-hybridized carbons (Fsp3) is 0.0625. The molecule has 0 aliphatic heterocycles. The molecule has 1 unspecified atom stereocenters. The normalized spacial score (nSPS) is 12.5. The van der Waals surface area contributed by atoms with Crippen molar-refractivity contribution in [3.63, 3.8) is 0 Å². The molecule has 94 valence electrons. The Morgan fingerprint density at radius 2 is 1.68 bits per heavy atom. The summed E-state index contributed by atoms with van der Waals surface area (Å²) < 4.78 is 0. The lowest BCUT2D eigenvalue weighted by Gasteiger charge is -2.12. The van der Waals surface area contributed by atoms with Crippen LogP contribution in [-0.4, -0.2) is 10.1 Å². The summed E-state index contributed by atoms with van der Waals surface area (Å²) in [5.41, 5.74) is 2.53. The SMILES string of the molecule is OC(c1ccc(Cl)cc1)c1ccc2cccnc2c1. The summed E-state index contributed by atoms with van der Waals surface area (Å²) in [6.45, 7) is 0. The number of aliphatic hydroxyl groups is 1. The van der Waals surface area contributed by atoms with Gasteiger partial charge in [-0.2, -0.15) is 0 Å². The quantitative estimate of drug-likeness (QED) is 0.764. The van der Waals surface area contributed by atoms with Crippen LogP contribution in [0.2, 0.25) is 5.02 Å². The highest BCUT2D eigenvalue weighted by Gasteiger charge is 2.10. The number of pyridine rings is 1. The molecular weight excluding hydrogens is 258 g/mol. The fourth-order valence-electron chi connectivity index (χ4n) is 2.09. The van der Waals surface area contributed by atoms with Gasteiger partial charge in [0.1, 0.15) is 6.10 Å².